The van der Waals surface area contributed by atoms with E-state index in [9.17, 15) is 4.79 Å². The summed E-state index contributed by atoms with van der Waals surface area (Å²) < 4.78 is 0. The summed E-state index contributed by atoms with van der Waals surface area (Å²) in [5.41, 5.74) is 0. The normalized spacial score (nSPS) is 39.0. The van der Waals surface area contributed by atoms with Crippen molar-refractivity contribution in [3.8, 4) is 0 Å². The molecule has 0 spiro atoms. The molecule has 1 aliphatic heterocycles. The summed E-state index contributed by atoms with van der Waals surface area (Å²) in [7, 11) is 0. The molecule has 2 nitrogen and oxygen atoms in total. The van der Waals surface area contributed by atoms with Crippen LogP contribution in [-0.4, -0.2) is 12.5 Å². The maximum Gasteiger partial charge on any atom is 0.223 e. The van der Waals surface area contributed by atoms with Gasteiger partial charge >= 0.3 is 0 Å². The topological polar surface area (TPSA) is 29.1 Å². The Morgan fingerprint density at radius 3 is 3.10 bits per heavy atom. The van der Waals surface area contributed by atoms with E-state index in [1.165, 1.54) is 12.8 Å². The first-order valence-electron chi connectivity index (χ1n) is 4.14. The van der Waals surface area contributed by atoms with E-state index in [2.05, 4.69) is 5.32 Å². The van der Waals surface area contributed by atoms with Crippen LogP contribution in [0.15, 0.2) is 0 Å². The number of rotatable bonds is 0. The summed E-state index contributed by atoms with van der Waals surface area (Å²) >= 11 is 0. The summed E-state index contributed by atoms with van der Waals surface area (Å²) in [5.74, 6) is 1.47. The van der Waals surface area contributed by atoms with Gasteiger partial charge in [0.2, 0.25) is 5.91 Å². The second-order valence-corrected chi connectivity index (χ2v) is 3.47. The third-order valence-electron chi connectivity index (χ3n) is 2.72. The molecular weight excluding hydrogens is 126 g/mol. The first kappa shape index (κ1) is 6.20. The van der Waals surface area contributed by atoms with Gasteiger partial charge in [-0.15, -0.1) is 0 Å². The van der Waals surface area contributed by atoms with Gasteiger partial charge in [0.25, 0.3) is 0 Å². The molecule has 10 heavy (non-hydrogen) atoms. The zero-order valence-corrected chi connectivity index (χ0v) is 6.10. The van der Waals surface area contributed by atoms with Gasteiger partial charge in [0.05, 0.1) is 0 Å². The van der Waals surface area contributed by atoms with Crippen molar-refractivity contribution in [1.29, 1.82) is 0 Å². The lowest BCUT2D eigenvalue weighted by Gasteiger charge is -2.33. The molecule has 1 saturated heterocycles. The van der Waals surface area contributed by atoms with E-state index in [1.807, 2.05) is 0 Å². The second-order valence-electron chi connectivity index (χ2n) is 3.47. The van der Waals surface area contributed by atoms with Crippen molar-refractivity contribution in [2.75, 3.05) is 6.54 Å². The van der Waals surface area contributed by atoms with Crippen LogP contribution in [0, 0.1) is 11.8 Å². The van der Waals surface area contributed by atoms with Crippen LogP contribution in [0.1, 0.15) is 25.7 Å². The van der Waals surface area contributed by atoms with Crippen LogP contribution >= 0.6 is 0 Å². The minimum absolute atomic E-state index is 0.302. The van der Waals surface area contributed by atoms with Crippen LogP contribution in [-0.2, 0) is 4.79 Å². The maximum absolute atomic E-state index is 11.1. The fourth-order valence-electron chi connectivity index (χ4n) is 2.10. The van der Waals surface area contributed by atoms with Crippen molar-refractivity contribution in [1.82, 2.24) is 5.32 Å². The lowest BCUT2D eigenvalue weighted by Crippen LogP contribution is -2.43. The van der Waals surface area contributed by atoms with Gasteiger partial charge in [-0.3, -0.25) is 4.79 Å². The van der Waals surface area contributed by atoms with Crippen molar-refractivity contribution in [2.45, 2.75) is 25.7 Å². The van der Waals surface area contributed by atoms with Gasteiger partial charge in [-0.2, -0.15) is 0 Å². The summed E-state index contributed by atoms with van der Waals surface area (Å²) in [5, 5.41) is 2.95. The van der Waals surface area contributed by atoms with Crippen LogP contribution < -0.4 is 5.32 Å². The molecule has 2 fully saturated rings. The van der Waals surface area contributed by atoms with Crippen molar-refractivity contribution in [2.24, 2.45) is 11.8 Å². The van der Waals surface area contributed by atoms with Crippen LogP contribution in [0.25, 0.3) is 0 Å². The minimum Gasteiger partial charge on any atom is -0.356 e. The Balaban J connectivity index is 2.07. The van der Waals surface area contributed by atoms with Gasteiger partial charge in [-0.05, 0) is 25.2 Å². The van der Waals surface area contributed by atoms with E-state index >= 15 is 0 Å². The predicted molar refractivity (Wildman–Crippen MR) is 38.5 cm³/mol. The van der Waals surface area contributed by atoms with Crippen LogP contribution in [0.4, 0.5) is 0 Å². The molecule has 1 amide bonds. The fourth-order valence-corrected chi connectivity index (χ4v) is 2.10. The molecule has 2 bridgehead atoms. The van der Waals surface area contributed by atoms with Gasteiger partial charge < -0.3 is 5.32 Å². The Morgan fingerprint density at radius 1 is 1.40 bits per heavy atom. The lowest BCUT2D eigenvalue weighted by atomic mass is 9.78. The van der Waals surface area contributed by atoms with E-state index < -0.39 is 0 Å². The van der Waals surface area contributed by atoms with Crippen molar-refractivity contribution >= 4 is 5.91 Å². The van der Waals surface area contributed by atoms with Crippen molar-refractivity contribution in [3.63, 3.8) is 0 Å². The zero-order chi connectivity index (χ0) is 6.97. The lowest BCUT2D eigenvalue weighted by molar-refractivity contribution is -0.129. The molecule has 56 valence electrons. The smallest absolute Gasteiger partial charge is 0.223 e. The third-order valence-corrected chi connectivity index (χ3v) is 2.72. The quantitative estimate of drug-likeness (QED) is 0.531. The molecular formula is C8H13NO. The molecule has 2 aliphatic rings. The Kier molecular flexibility index (Phi) is 1.40. The Bertz CT molecular complexity index is 155. The van der Waals surface area contributed by atoms with Gasteiger partial charge in [0.15, 0.2) is 0 Å². The number of nitrogens with one attached hydrogen (secondary N) is 1. The van der Waals surface area contributed by atoms with Gasteiger partial charge in [0.1, 0.15) is 0 Å². The number of carbonyl (C=O) groups excluding carboxylic acids is 1. The van der Waals surface area contributed by atoms with Crippen molar-refractivity contribution in [3.05, 3.63) is 0 Å². The van der Waals surface area contributed by atoms with Crippen LogP contribution in [0.3, 0.4) is 0 Å². The molecule has 2 atom stereocenters. The van der Waals surface area contributed by atoms with Crippen LogP contribution in [0.2, 0.25) is 0 Å². The summed E-state index contributed by atoms with van der Waals surface area (Å²) in [4.78, 5) is 11.1. The number of piperidine rings is 1. The van der Waals surface area contributed by atoms with E-state index in [0.717, 1.165) is 25.3 Å². The standard InChI is InChI=1S/C8H13NO/c10-8-7-3-1-2-6(4-7)5-9-8/h6-7H,1-5H2,(H,9,10)/t6-,7-/m0/s1. The number of hydrogen-bond donors (Lipinski definition) is 1. The van der Waals surface area contributed by atoms with Gasteiger partial charge in [0, 0.05) is 12.5 Å². The van der Waals surface area contributed by atoms with Gasteiger partial charge in [-0.25, -0.2) is 0 Å². The largest absolute Gasteiger partial charge is 0.356 e. The molecule has 2 heteroatoms. The first-order valence-corrected chi connectivity index (χ1v) is 4.14. The van der Waals surface area contributed by atoms with E-state index in [0.29, 0.717) is 11.8 Å². The highest BCUT2D eigenvalue weighted by molar-refractivity contribution is 5.79. The molecule has 1 aliphatic carbocycles. The van der Waals surface area contributed by atoms with E-state index in [4.69, 9.17) is 0 Å². The average molecular weight is 139 g/mol. The maximum atomic E-state index is 11.1. The highest BCUT2D eigenvalue weighted by Gasteiger charge is 2.31. The van der Waals surface area contributed by atoms with E-state index in [1.54, 1.807) is 0 Å². The van der Waals surface area contributed by atoms with Gasteiger partial charge in [-0.1, -0.05) is 6.42 Å². The predicted octanol–water partition coefficient (Wildman–Crippen LogP) is 0.923. The number of amides is 1. The fraction of sp³-hybridized carbons (Fsp3) is 0.875. The minimum atomic E-state index is 0.302. The summed E-state index contributed by atoms with van der Waals surface area (Å²) in [6.07, 6.45) is 4.88. The molecule has 0 aromatic heterocycles. The average Bonchev–Trinajstić information content (AvgIpc) is 1.99. The van der Waals surface area contributed by atoms with Crippen molar-refractivity contribution < 1.29 is 4.79 Å². The molecule has 1 heterocycles. The molecule has 0 aromatic rings. The number of carbonyl (C=O) groups is 1. The highest BCUT2D eigenvalue weighted by atomic mass is 16.1. The van der Waals surface area contributed by atoms with Crippen LogP contribution in [0.5, 0.6) is 0 Å². The zero-order valence-electron chi connectivity index (χ0n) is 6.10. The number of fused-ring (bicyclic) bond motifs is 2. The molecule has 2 rings (SSSR count). The molecule has 1 N–H and O–H groups in total. The molecule has 0 unspecified atom stereocenters. The first-order chi connectivity index (χ1) is 4.86. The second kappa shape index (κ2) is 2.26. The summed E-state index contributed by atoms with van der Waals surface area (Å²) in [6, 6.07) is 0. The molecule has 0 aromatic carbocycles. The summed E-state index contributed by atoms with van der Waals surface area (Å²) in [6.45, 7) is 0.940. The molecule has 1 saturated carbocycles. The Labute approximate surface area is 61.0 Å². The third kappa shape index (κ3) is 0.917. The monoisotopic (exact) mass is 139 g/mol. The Morgan fingerprint density at radius 2 is 2.30 bits per heavy atom. The SMILES string of the molecule is O=C1NC[C@H]2CCC[C@H]1C2. The number of hydrogen-bond acceptors (Lipinski definition) is 1. The highest BCUT2D eigenvalue weighted by Crippen LogP contribution is 2.31. The molecule has 0 radical (unpaired) electrons. The van der Waals surface area contributed by atoms with E-state index in [-0.39, 0.29) is 0 Å². The Hall–Kier alpha value is -0.530.